The first-order valence-electron chi connectivity index (χ1n) is 4.17. The van der Waals surface area contributed by atoms with Gasteiger partial charge in [-0.15, -0.1) is 0 Å². The summed E-state index contributed by atoms with van der Waals surface area (Å²) in [5.41, 5.74) is -0.598. The van der Waals surface area contributed by atoms with Crippen molar-refractivity contribution in [1.82, 2.24) is 0 Å². The maximum atomic E-state index is 13.4. The number of hydrogen-bond acceptors (Lipinski definition) is 2. The van der Waals surface area contributed by atoms with Crippen LogP contribution in [-0.2, 0) is 11.2 Å². The molecule has 1 aromatic rings. The Morgan fingerprint density at radius 1 is 1.33 bits per heavy atom. The molecular formula is C10H9F3O2. The molecule has 0 radical (unpaired) electrons. The Morgan fingerprint density at radius 3 is 2.40 bits per heavy atom. The standard InChI is InChI=1S/C10H9F3O2/c1-5(14)3-6-9(12)7(11)4-8(15-2)10(6)13/h4H,3H2,1-2H3. The van der Waals surface area contributed by atoms with Crippen molar-refractivity contribution < 1.29 is 22.7 Å². The van der Waals surface area contributed by atoms with E-state index in [0.29, 0.717) is 6.07 Å². The molecule has 0 fully saturated rings. The Morgan fingerprint density at radius 2 is 1.93 bits per heavy atom. The van der Waals surface area contributed by atoms with Gasteiger partial charge in [-0.2, -0.15) is 0 Å². The quantitative estimate of drug-likeness (QED) is 0.727. The zero-order valence-corrected chi connectivity index (χ0v) is 8.23. The van der Waals surface area contributed by atoms with Crippen LogP contribution in [0.25, 0.3) is 0 Å². The number of hydrogen-bond donors (Lipinski definition) is 0. The normalized spacial score (nSPS) is 10.2. The number of ether oxygens (including phenoxy) is 1. The van der Waals surface area contributed by atoms with Gasteiger partial charge in [0.05, 0.1) is 7.11 Å². The van der Waals surface area contributed by atoms with E-state index >= 15 is 0 Å². The number of Topliss-reactive ketones (excluding diaryl/α,β-unsaturated/α-hetero) is 1. The number of ketones is 1. The minimum Gasteiger partial charge on any atom is -0.494 e. The van der Waals surface area contributed by atoms with Crippen LogP contribution in [0.5, 0.6) is 5.75 Å². The Hall–Kier alpha value is -1.52. The molecule has 0 aliphatic rings. The molecule has 5 heteroatoms. The molecule has 0 aromatic heterocycles. The van der Waals surface area contributed by atoms with Gasteiger partial charge in [-0.3, -0.25) is 4.79 Å². The first kappa shape index (κ1) is 11.6. The molecule has 0 atom stereocenters. The number of methoxy groups -OCH3 is 1. The topological polar surface area (TPSA) is 26.3 Å². The monoisotopic (exact) mass is 218 g/mol. The third kappa shape index (κ3) is 2.29. The summed E-state index contributed by atoms with van der Waals surface area (Å²) in [5, 5.41) is 0. The molecule has 0 saturated heterocycles. The van der Waals surface area contributed by atoms with Crippen molar-refractivity contribution in [1.29, 1.82) is 0 Å². The molecule has 2 nitrogen and oxygen atoms in total. The van der Waals surface area contributed by atoms with Gasteiger partial charge in [0.1, 0.15) is 5.78 Å². The number of benzene rings is 1. The molecule has 0 spiro atoms. The molecule has 0 unspecified atom stereocenters. The van der Waals surface area contributed by atoms with Crippen molar-refractivity contribution in [2.45, 2.75) is 13.3 Å². The number of halogens is 3. The summed E-state index contributed by atoms with van der Waals surface area (Å²) in [5.74, 6) is -4.48. The van der Waals surface area contributed by atoms with Crippen LogP contribution in [0.3, 0.4) is 0 Å². The van der Waals surface area contributed by atoms with Crippen LogP contribution in [0.15, 0.2) is 6.07 Å². The summed E-state index contributed by atoms with van der Waals surface area (Å²) >= 11 is 0. The second-order valence-corrected chi connectivity index (χ2v) is 3.05. The van der Waals surface area contributed by atoms with E-state index in [-0.39, 0.29) is 0 Å². The Labute approximate surface area is 84.7 Å². The second-order valence-electron chi connectivity index (χ2n) is 3.05. The lowest BCUT2D eigenvalue weighted by Gasteiger charge is -2.08. The summed E-state index contributed by atoms with van der Waals surface area (Å²) in [4.78, 5) is 10.7. The van der Waals surface area contributed by atoms with Crippen LogP contribution < -0.4 is 4.74 Å². The van der Waals surface area contributed by atoms with Crippen LogP contribution in [0.1, 0.15) is 12.5 Å². The fraction of sp³-hybridized carbons (Fsp3) is 0.300. The van der Waals surface area contributed by atoms with E-state index in [4.69, 9.17) is 0 Å². The van der Waals surface area contributed by atoms with E-state index in [9.17, 15) is 18.0 Å². The molecule has 1 rings (SSSR count). The molecule has 82 valence electrons. The van der Waals surface area contributed by atoms with Gasteiger partial charge in [0, 0.05) is 18.1 Å². The van der Waals surface area contributed by atoms with Crippen LogP contribution >= 0.6 is 0 Å². The van der Waals surface area contributed by atoms with Crippen molar-refractivity contribution in [2.24, 2.45) is 0 Å². The van der Waals surface area contributed by atoms with Crippen molar-refractivity contribution >= 4 is 5.78 Å². The van der Waals surface area contributed by atoms with Crippen molar-refractivity contribution in [3.05, 3.63) is 29.1 Å². The highest BCUT2D eigenvalue weighted by molar-refractivity contribution is 5.78. The second kappa shape index (κ2) is 4.33. The largest absolute Gasteiger partial charge is 0.494 e. The summed E-state index contributed by atoms with van der Waals surface area (Å²) in [6.45, 7) is 1.16. The van der Waals surface area contributed by atoms with E-state index in [2.05, 4.69) is 4.74 Å². The van der Waals surface area contributed by atoms with Crippen LogP contribution in [-0.4, -0.2) is 12.9 Å². The highest BCUT2D eigenvalue weighted by Gasteiger charge is 2.20. The summed E-state index contributed by atoms with van der Waals surface area (Å²) in [6.07, 6.45) is -0.494. The minimum absolute atomic E-state index is 0.412. The van der Waals surface area contributed by atoms with Gasteiger partial charge in [-0.1, -0.05) is 0 Å². The van der Waals surface area contributed by atoms with Crippen molar-refractivity contribution in [2.75, 3.05) is 7.11 Å². The van der Waals surface area contributed by atoms with Gasteiger partial charge in [-0.25, -0.2) is 13.2 Å². The predicted molar refractivity (Wildman–Crippen MR) is 47.3 cm³/mol. The maximum Gasteiger partial charge on any atom is 0.171 e. The average molecular weight is 218 g/mol. The number of rotatable bonds is 3. The van der Waals surface area contributed by atoms with Gasteiger partial charge < -0.3 is 4.74 Å². The minimum atomic E-state index is -1.34. The molecule has 0 saturated carbocycles. The lowest BCUT2D eigenvalue weighted by atomic mass is 10.1. The molecule has 0 amide bonds. The zero-order valence-electron chi connectivity index (χ0n) is 8.23. The molecule has 0 heterocycles. The number of carbonyl (C=O) groups excluding carboxylic acids is 1. The summed E-state index contributed by atoms with van der Waals surface area (Å²) < 4.78 is 43.9. The van der Waals surface area contributed by atoms with E-state index in [1.54, 1.807) is 0 Å². The highest BCUT2D eigenvalue weighted by atomic mass is 19.2. The molecule has 0 aliphatic carbocycles. The average Bonchev–Trinajstić information content (AvgIpc) is 2.18. The van der Waals surface area contributed by atoms with Crippen LogP contribution in [0.4, 0.5) is 13.2 Å². The molecular weight excluding hydrogens is 209 g/mol. The zero-order chi connectivity index (χ0) is 11.6. The Kier molecular flexibility index (Phi) is 3.34. The van der Waals surface area contributed by atoms with Gasteiger partial charge in [0.2, 0.25) is 0 Å². The first-order valence-corrected chi connectivity index (χ1v) is 4.17. The van der Waals surface area contributed by atoms with E-state index in [1.807, 2.05) is 0 Å². The molecule has 0 aliphatic heterocycles. The third-order valence-electron chi connectivity index (χ3n) is 1.86. The SMILES string of the molecule is COc1cc(F)c(F)c(CC(C)=O)c1F. The van der Waals surface area contributed by atoms with Crippen molar-refractivity contribution in [3.8, 4) is 5.75 Å². The lowest BCUT2D eigenvalue weighted by Crippen LogP contribution is -2.06. The van der Waals surface area contributed by atoms with E-state index < -0.39 is 41.0 Å². The van der Waals surface area contributed by atoms with Crippen LogP contribution in [0, 0.1) is 17.5 Å². The molecule has 1 aromatic carbocycles. The van der Waals surface area contributed by atoms with Gasteiger partial charge in [0.25, 0.3) is 0 Å². The maximum absolute atomic E-state index is 13.4. The lowest BCUT2D eigenvalue weighted by molar-refractivity contribution is -0.116. The van der Waals surface area contributed by atoms with Crippen LogP contribution in [0.2, 0.25) is 0 Å². The summed E-state index contributed by atoms with van der Waals surface area (Å²) in [7, 11) is 1.13. The van der Waals surface area contributed by atoms with Crippen molar-refractivity contribution in [3.63, 3.8) is 0 Å². The smallest absolute Gasteiger partial charge is 0.171 e. The third-order valence-corrected chi connectivity index (χ3v) is 1.86. The molecule has 15 heavy (non-hydrogen) atoms. The predicted octanol–water partition coefficient (Wildman–Crippen LogP) is 2.24. The van der Waals surface area contributed by atoms with E-state index in [1.165, 1.54) is 0 Å². The van der Waals surface area contributed by atoms with E-state index in [0.717, 1.165) is 14.0 Å². The Bertz CT molecular complexity index is 402. The van der Waals surface area contributed by atoms with Gasteiger partial charge >= 0.3 is 0 Å². The fourth-order valence-corrected chi connectivity index (χ4v) is 1.18. The summed E-state index contributed by atoms with van der Waals surface area (Å²) in [6, 6.07) is 0.605. The highest BCUT2D eigenvalue weighted by Crippen LogP contribution is 2.26. The molecule has 0 N–H and O–H groups in total. The number of carbonyl (C=O) groups is 1. The van der Waals surface area contributed by atoms with Gasteiger partial charge in [-0.05, 0) is 6.92 Å². The first-order chi connectivity index (χ1) is 6.97. The Balaban J connectivity index is 3.33. The van der Waals surface area contributed by atoms with Gasteiger partial charge in [0.15, 0.2) is 23.2 Å². The molecule has 0 bridgehead atoms. The fourth-order valence-electron chi connectivity index (χ4n) is 1.18.